The van der Waals surface area contributed by atoms with Crippen molar-refractivity contribution in [3.8, 4) is 5.75 Å². The maximum Gasteiger partial charge on any atom is 0.315 e. The maximum atomic E-state index is 12.2. The molecule has 1 aliphatic rings. The number of hydrogen-bond acceptors (Lipinski definition) is 3. The van der Waals surface area contributed by atoms with E-state index in [1.165, 1.54) is 0 Å². The summed E-state index contributed by atoms with van der Waals surface area (Å²) in [7, 11) is 1.64. The van der Waals surface area contributed by atoms with E-state index in [2.05, 4.69) is 10.6 Å². The second kappa shape index (κ2) is 9.07. The van der Waals surface area contributed by atoms with E-state index in [0.717, 1.165) is 23.3 Å². The minimum absolute atomic E-state index is 0.0804. The molecule has 142 valence electrons. The van der Waals surface area contributed by atoms with Crippen LogP contribution in [-0.2, 0) is 17.8 Å². The van der Waals surface area contributed by atoms with Crippen LogP contribution in [0.2, 0.25) is 0 Å². The Bertz CT molecular complexity index is 762. The molecule has 0 unspecified atom stereocenters. The first kappa shape index (κ1) is 18.8. The Morgan fingerprint density at radius 3 is 2.56 bits per heavy atom. The van der Waals surface area contributed by atoms with E-state index in [9.17, 15) is 9.59 Å². The zero-order valence-electron chi connectivity index (χ0n) is 15.5. The molecule has 0 bridgehead atoms. The molecular weight excluding hydrogens is 342 g/mol. The number of ether oxygens (including phenoxy) is 1. The number of nitrogens with one attached hydrogen (secondary N) is 2. The van der Waals surface area contributed by atoms with Gasteiger partial charge in [-0.25, -0.2) is 4.79 Å². The van der Waals surface area contributed by atoms with Crippen LogP contribution in [0.1, 0.15) is 17.5 Å². The van der Waals surface area contributed by atoms with Gasteiger partial charge in [-0.3, -0.25) is 4.79 Å². The van der Waals surface area contributed by atoms with Crippen LogP contribution in [0.25, 0.3) is 0 Å². The van der Waals surface area contributed by atoms with Gasteiger partial charge >= 0.3 is 6.03 Å². The highest BCUT2D eigenvalue weighted by atomic mass is 16.5. The van der Waals surface area contributed by atoms with E-state index in [1.54, 1.807) is 7.11 Å². The zero-order valence-corrected chi connectivity index (χ0v) is 15.5. The summed E-state index contributed by atoms with van der Waals surface area (Å²) in [5, 5.41) is 5.73. The average Bonchev–Trinajstić information content (AvgIpc) is 3.05. The molecule has 1 fully saturated rings. The Labute approximate surface area is 159 Å². The van der Waals surface area contributed by atoms with E-state index >= 15 is 0 Å². The number of carbonyl (C=O) groups is 2. The van der Waals surface area contributed by atoms with Gasteiger partial charge < -0.3 is 20.3 Å². The molecule has 2 N–H and O–H groups in total. The fourth-order valence-electron chi connectivity index (χ4n) is 3.16. The summed E-state index contributed by atoms with van der Waals surface area (Å²) in [5.74, 6) is 0.902. The summed E-state index contributed by atoms with van der Waals surface area (Å²) in [6.45, 7) is 1.66. The Morgan fingerprint density at radius 1 is 1.11 bits per heavy atom. The van der Waals surface area contributed by atoms with E-state index in [1.807, 2.05) is 59.5 Å². The quantitative estimate of drug-likeness (QED) is 0.789. The van der Waals surface area contributed by atoms with E-state index in [4.69, 9.17) is 4.74 Å². The van der Waals surface area contributed by atoms with Crippen LogP contribution in [0.4, 0.5) is 4.79 Å². The van der Waals surface area contributed by atoms with Crippen molar-refractivity contribution in [1.29, 1.82) is 0 Å². The Kier molecular flexibility index (Phi) is 6.30. The molecule has 2 aromatic rings. The van der Waals surface area contributed by atoms with Crippen LogP contribution in [0.3, 0.4) is 0 Å². The lowest BCUT2D eigenvalue weighted by Gasteiger charge is -2.17. The maximum absolute atomic E-state index is 12.2. The first-order valence-electron chi connectivity index (χ1n) is 9.13. The van der Waals surface area contributed by atoms with Crippen LogP contribution < -0.4 is 15.4 Å². The molecule has 1 heterocycles. The fraction of sp³-hybridized carbons (Fsp3) is 0.333. The lowest BCUT2D eigenvalue weighted by molar-refractivity contribution is -0.127. The van der Waals surface area contributed by atoms with Crippen molar-refractivity contribution >= 4 is 11.9 Å². The number of nitrogens with zero attached hydrogens (tertiary/aromatic N) is 1. The number of urea groups is 1. The fourth-order valence-corrected chi connectivity index (χ4v) is 3.16. The highest BCUT2D eigenvalue weighted by Crippen LogP contribution is 2.15. The van der Waals surface area contributed by atoms with Crippen LogP contribution in [-0.4, -0.2) is 43.1 Å². The second-order valence-corrected chi connectivity index (χ2v) is 6.65. The standard InChI is InChI=1S/C21H25N3O3/c1-27-19-9-7-16(8-10-19)11-12-24-15-18(13-20(24)25)23-21(26)22-14-17-5-3-2-4-6-17/h2-10,18H,11-15H2,1H3,(H2,22,23,26)/t18-/m0/s1. The third-order valence-corrected chi connectivity index (χ3v) is 4.68. The van der Waals surface area contributed by atoms with Gasteiger partial charge in [-0.1, -0.05) is 42.5 Å². The molecule has 0 saturated carbocycles. The average molecular weight is 367 g/mol. The van der Waals surface area contributed by atoms with Gasteiger partial charge in [0.05, 0.1) is 13.2 Å². The SMILES string of the molecule is COc1ccc(CCN2C[C@@H](NC(=O)NCc3ccccc3)CC2=O)cc1. The van der Waals surface area contributed by atoms with Gasteiger partial charge in [-0.15, -0.1) is 0 Å². The van der Waals surface area contributed by atoms with E-state index in [-0.39, 0.29) is 18.0 Å². The second-order valence-electron chi connectivity index (χ2n) is 6.65. The van der Waals surface area contributed by atoms with Crippen molar-refractivity contribution < 1.29 is 14.3 Å². The Hall–Kier alpha value is -3.02. The van der Waals surface area contributed by atoms with Gasteiger partial charge in [0, 0.05) is 26.1 Å². The minimum Gasteiger partial charge on any atom is -0.497 e. The minimum atomic E-state index is -0.242. The summed E-state index contributed by atoms with van der Waals surface area (Å²) >= 11 is 0. The Morgan fingerprint density at radius 2 is 1.85 bits per heavy atom. The molecule has 27 heavy (non-hydrogen) atoms. The molecule has 0 aliphatic carbocycles. The van der Waals surface area contributed by atoms with Crippen molar-refractivity contribution in [3.63, 3.8) is 0 Å². The molecule has 1 saturated heterocycles. The molecule has 2 aromatic carbocycles. The van der Waals surface area contributed by atoms with Crippen LogP contribution >= 0.6 is 0 Å². The molecule has 0 aromatic heterocycles. The largest absolute Gasteiger partial charge is 0.497 e. The van der Waals surface area contributed by atoms with Crippen molar-refractivity contribution in [2.45, 2.75) is 25.4 Å². The molecule has 0 radical (unpaired) electrons. The van der Waals surface area contributed by atoms with Crippen LogP contribution in [0.15, 0.2) is 54.6 Å². The summed E-state index contributed by atoms with van der Waals surface area (Å²) < 4.78 is 5.15. The summed E-state index contributed by atoms with van der Waals surface area (Å²) in [5.41, 5.74) is 2.19. The molecule has 1 atom stereocenters. The third-order valence-electron chi connectivity index (χ3n) is 4.68. The van der Waals surface area contributed by atoms with Crippen molar-refractivity contribution in [2.75, 3.05) is 20.2 Å². The predicted octanol–water partition coefficient (Wildman–Crippen LogP) is 2.34. The van der Waals surface area contributed by atoms with Gasteiger partial charge in [-0.2, -0.15) is 0 Å². The zero-order chi connectivity index (χ0) is 19.1. The van der Waals surface area contributed by atoms with E-state index < -0.39 is 0 Å². The molecule has 3 amide bonds. The number of rotatable bonds is 7. The molecule has 0 spiro atoms. The van der Waals surface area contributed by atoms with Crippen molar-refractivity contribution in [3.05, 3.63) is 65.7 Å². The van der Waals surface area contributed by atoms with Gasteiger partial charge in [-0.05, 0) is 29.7 Å². The number of hydrogen-bond donors (Lipinski definition) is 2. The third kappa shape index (κ3) is 5.48. The molecule has 6 nitrogen and oxygen atoms in total. The highest BCUT2D eigenvalue weighted by molar-refractivity contribution is 5.81. The first-order chi connectivity index (χ1) is 13.1. The van der Waals surface area contributed by atoms with Crippen LogP contribution in [0.5, 0.6) is 5.75 Å². The lowest BCUT2D eigenvalue weighted by atomic mass is 10.1. The molecule has 1 aliphatic heterocycles. The monoisotopic (exact) mass is 367 g/mol. The molecular formula is C21H25N3O3. The van der Waals surface area contributed by atoms with Gasteiger partial charge in [0.15, 0.2) is 0 Å². The number of amides is 3. The van der Waals surface area contributed by atoms with Gasteiger partial charge in [0.1, 0.15) is 5.75 Å². The number of carbonyl (C=O) groups excluding carboxylic acids is 2. The normalized spacial score (nSPS) is 16.3. The summed E-state index contributed by atoms with van der Waals surface area (Å²) in [6.07, 6.45) is 1.13. The highest BCUT2D eigenvalue weighted by Gasteiger charge is 2.30. The number of likely N-dealkylation sites (tertiary alicyclic amines) is 1. The summed E-state index contributed by atoms with van der Waals surface area (Å²) in [4.78, 5) is 26.1. The van der Waals surface area contributed by atoms with Crippen LogP contribution in [0, 0.1) is 0 Å². The van der Waals surface area contributed by atoms with Crippen molar-refractivity contribution in [1.82, 2.24) is 15.5 Å². The van der Waals surface area contributed by atoms with Gasteiger partial charge in [0.25, 0.3) is 0 Å². The summed E-state index contributed by atoms with van der Waals surface area (Å²) in [6, 6.07) is 17.2. The smallest absolute Gasteiger partial charge is 0.315 e. The molecule has 6 heteroatoms. The molecule has 3 rings (SSSR count). The topological polar surface area (TPSA) is 70.7 Å². The van der Waals surface area contributed by atoms with E-state index in [0.29, 0.717) is 26.1 Å². The van der Waals surface area contributed by atoms with Crippen molar-refractivity contribution in [2.24, 2.45) is 0 Å². The predicted molar refractivity (Wildman–Crippen MR) is 103 cm³/mol. The number of benzene rings is 2. The van der Waals surface area contributed by atoms with Gasteiger partial charge in [0.2, 0.25) is 5.91 Å². The Balaban J connectivity index is 1.41. The number of methoxy groups -OCH3 is 1. The lowest BCUT2D eigenvalue weighted by Crippen LogP contribution is -2.43. The first-order valence-corrected chi connectivity index (χ1v) is 9.13.